The van der Waals surface area contributed by atoms with Crippen LogP contribution in [0.25, 0.3) is 0 Å². The second-order valence-corrected chi connectivity index (χ2v) is 7.12. The van der Waals surface area contributed by atoms with Crippen LogP contribution in [0.4, 0.5) is 17.3 Å². The van der Waals surface area contributed by atoms with Gasteiger partial charge in [-0.25, -0.2) is 9.97 Å². The minimum Gasteiger partial charge on any atom is -0.352 e. The molecule has 0 saturated heterocycles. The van der Waals surface area contributed by atoms with Gasteiger partial charge in [0.1, 0.15) is 0 Å². The van der Waals surface area contributed by atoms with Crippen LogP contribution in [0.3, 0.4) is 0 Å². The highest BCUT2D eigenvalue weighted by molar-refractivity contribution is 7.80. The first-order chi connectivity index (χ1) is 14.3. The molecule has 0 aliphatic rings. The molecule has 2 aromatic carbocycles. The number of para-hydroxylation sites is 2. The number of hydrogen-bond donors (Lipinski definition) is 2. The second kappa shape index (κ2) is 11.2. The lowest BCUT2D eigenvalue weighted by molar-refractivity contribution is 0.0952. The normalized spacial score (nSPS) is 10.5. The molecular weight excluding hydrogens is 380 g/mol. The summed E-state index contributed by atoms with van der Waals surface area (Å²) in [4.78, 5) is 23.2. The van der Waals surface area contributed by atoms with E-state index in [2.05, 4.69) is 27.9 Å². The van der Waals surface area contributed by atoms with Gasteiger partial charge in [-0.05, 0) is 42.9 Å². The fourth-order valence-corrected chi connectivity index (χ4v) is 3.21. The summed E-state index contributed by atoms with van der Waals surface area (Å²) < 4.78 is 0. The number of carbonyl (C=O) groups excluding carboxylic acids is 1. The summed E-state index contributed by atoms with van der Waals surface area (Å²) in [5.74, 6) is 1.29. The number of nitrogens with one attached hydrogen (secondary N) is 1. The van der Waals surface area contributed by atoms with Crippen molar-refractivity contribution in [1.82, 2.24) is 15.3 Å². The van der Waals surface area contributed by atoms with Gasteiger partial charge in [-0.15, -0.1) is 0 Å². The van der Waals surface area contributed by atoms with Gasteiger partial charge in [-0.2, -0.15) is 12.6 Å². The molecule has 0 unspecified atom stereocenters. The molecule has 3 aromatic rings. The van der Waals surface area contributed by atoms with Crippen molar-refractivity contribution in [2.75, 3.05) is 17.2 Å². The average Bonchev–Trinajstić information content (AvgIpc) is 2.78. The fourth-order valence-electron chi connectivity index (χ4n) is 2.98. The van der Waals surface area contributed by atoms with E-state index in [1.807, 2.05) is 65.6 Å². The largest absolute Gasteiger partial charge is 0.352 e. The van der Waals surface area contributed by atoms with Gasteiger partial charge in [0.2, 0.25) is 5.95 Å². The molecule has 5 nitrogen and oxygen atoms in total. The van der Waals surface area contributed by atoms with Crippen molar-refractivity contribution in [3.63, 3.8) is 0 Å². The van der Waals surface area contributed by atoms with Crippen LogP contribution in [-0.4, -0.2) is 28.2 Å². The number of aromatic nitrogens is 2. The van der Waals surface area contributed by atoms with Crippen molar-refractivity contribution in [3.8, 4) is 0 Å². The molecule has 0 fully saturated rings. The van der Waals surface area contributed by atoms with E-state index in [0.717, 1.165) is 42.8 Å². The average molecular weight is 407 g/mol. The van der Waals surface area contributed by atoms with Gasteiger partial charge in [0.15, 0.2) is 0 Å². The molecule has 29 heavy (non-hydrogen) atoms. The number of nitrogens with zero attached hydrogens (tertiary/aromatic N) is 3. The summed E-state index contributed by atoms with van der Waals surface area (Å²) in [5.41, 5.74) is 2.37. The molecule has 0 spiro atoms. The van der Waals surface area contributed by atoms with Gasteiger partial charge in [-0.1, -0.05) is 49.2 Å². The zero-order valence-corrected chi connectivity index (χ0v) is 17.3. The van der Waals surface area contributed by atoms with Crippen LogP contribution < -0.4 is 10.2 Å². The lowest BCUT2D eigenvalue weighted by Crippen LogP contribution is -2.25. The number of carbonyl (C=O) groups is 1. The lowest BCUT2D eigenvalue weighted by Gasteiger charge is -2.22. The van der Waals surface area contributed by atoms with Crippen molar-refractivity contribution in [2.45, 2.75) is 25.7 Å². The Morgan fingerprint density at radius 1 is 0.828 bits per heavy atom. The summed E-state index contributed by atoms with van der Waals surface area (Å²) in [6.45, 7) is 0.660. The first kappa shape index (κ1) is 20.9. The van der Waals surface area contributed by atoms with E-state index in [1.165, 1.54) is 0 Å². The number of unbranched alkanes of at least 4 members (excludes halogenated alkanes) is 3. The molecule has 0 radical (unpaired) electrons. The number of amides is 1. The Kier molecular flexibility index (Phi) is 8.07. The van der Waals surface area contributed by atoms with Crippen LogP contribution in [0.5, 0.6) is 0 Å². The maximum absolute atomic E-state index is 12.3. The van der Waals surface area contributed by atoms with Crippen molar-refractivity contribution >= 4 is 35.9 Å². The van der Waals surface area contributed by atoms with Gasteiger partial charge >= 0.3 is 0 Å². The van der Waals surface area contributed by atoms with E-state index in [1.54, 1.807) is 12.4 Å². The highest BCUT2D eigenvalue weighted by atomic mass is 32.1. The molecule has 150 valence electrons. The first-order valence-corrected chi connectivity index (χ1v) is 10.5. The number of rotatable bonds is 10. The standard InChI is InChI=1S/C23H26N4OS/c28-22(24-15-9-1-2-10-16-29)19-17-25-23(26-18-19)27(20-11-5-3-6-12-20)21-13-7-4-8-14-21/h3-8,11-14,17-18,29H,1-2,9-10,15-16H2,(H,24,28). The maximum Gasteiger partial charge on any atom is 0.254 e. The van der Waals surface area contributed by atoms with Crippen LogP contribution in [0.15, 0.2) is 73.1 Å². The summed E-state index contributed by atoms with van der Waals surface area (Å²) in [7, 11) is 0. The van der Waals surface area contributed by atoms with Crippen molar-refractivity contribution in [1.29, 1.82) is 0 Å². The quantitative estimate of drug-likeness (QED) is 0.360. The molecule has 0 aliphatic heterocycles. The topological polar surface area (TPSA) is 58.1 Å². The van der Waals surface area contributed by atoms with Crippen LogP contribution in [0.2, 0.25) is 0 Å². The summed E-state index contributed by atoms with van der Waals surface area (Å²) >= 11 is 4.21. The van der Waals surface area contributed by atoms with E-state index in [0.29, 0.717) is 18.1 Å². The third-order valence-corrected chi connectivity index (χ3v) is 4.82. The smallest absolute Gasteiger partial charge is 0.254 e. The van der Waals surface area contributed by atoms with E-state index >= 15 is 0 Å². The molecule has 0 saturated carbocycles. The Morgan fingerprint density at radius 2 is 1.38 bits per heavy atom. The maximum atomic E-state index is 12.3. The van der Waals surface area contributed by atoms with E-state index in [-0.39, 0.29) is 5.91 Å². The lowest BCUT2D eigenvalue weighted by atomic mass is 10.2. The second-order valence-electron chi connectivity index (χ2n) is 6.67. The molecular formula is C23H26N4OS. The van der Waals surface area contributed by atoms with Gasteiger partial charge in [-0.3, -0.25) is 9.69 Å². The predicted molar refractivity (Wildman–Crippen MR) is 121 cm³/mol. The van der Waals surface area contributed by atoms with E-state index in [4.69, 9.17) is 0 Å². The van der Waals surface area contributed by atoms with Gasteiger partial charge < -0.3 is 5.32 Å². The van der Waals surface area contributed by atoms with E-state index in [9.17, 15) is 4.79 Å². The summed E-state index contributed by atoms with van der Waals surface area (Å²) in [5, 5.41) is 2.94. The molecule has 0 bridgehead atoms. The van der Waals surface area contributed by atoms with Crippen molar-refractivity contribution < 1.29 is 4.79 Å². The Bertz CT molecular complexity index is 833. The van der Waals surface area contributed by atoms with Crippen molar-refractivity contribution in [2.24, 2.45) is 0 Å². The van der Waals surface area contributed by atoms with Gasteiger partial charge in [0, 0.05) is 30.3 Å². The molecule has 0 atom stereocenters. The number of hydrogen-bond acceptors (Lipinski definition) is 5. The molecule has 1 heterocycles. The SMILES string of the molecule is O=C(NCCCCCCS)c1cnc(N(c2ccccc2)c2ccccc2)nc1. The Morgan fingerprint density at radius 3 is 1.93 bits per heavy atom. The van der Waals surface area contributed by atoms with Crippen LogP contribution in [0, 0.1) is 0 Å². The molecule has 3 rings (SSSR count). The third-order valence-electron chi connectivity index (χ3n) is 4.50. The van der Waals surface area contributed by atoms with Crippen LogP contribution >= 0.6 is 12.6 Å². The monoisotopic (exact) mass is 406 g/mol. The van der Waals surface area contributed by atoms with Crippen LogP contribution in [0.1, 0.15) is 36.0 Å². The number of thiol groups is 1. The first-order valence-electron chi connectivity index (χ1n) is 9.91. The highest BCUT2D eigenvalue weighted by Gasteiger charge is 2.15. The number of anilines is 3. The minimum atomic E-state index is -0.142. The predicted octanol–water partition coefficient (Wildman–Crippen LogP) is 5.17. The van der Waals surface area contributed by atoms with Crippen molar-refractivity contribution in [3.05, 3.63) is 78.6 Å². The van der Waals surface area contributed by atoms with Gasteiger partial charge in [0.05, 0.1) is 5.56 Å². The van der Waals surface area contributed by atoms with Crippen LogP contribution in [-0.2, 0) is 0 Å². The summed E-state index contributed by atoms with van der Waals surface area (Å²) in [6, 6.07) is 19.9. The molecule has 1 amide bonds. The third kappa shape index (κ3) is 6.06. The minimum absolute atomic E-state index is 0.142. The Balaban J connectivity index is 1.69. The van der Waals surface area contributed by atoms with E-state index < -0.39 is 0 Å². The highest BCUT2D eigenvalue weighted by Crippen LogP contribution is 2.31. The number of benzene rings is 2. The fraction of sp³-hybridized carbons (Fsp3) is 0.261. The zero-order chi connectivity index (χ0) is 20.3. The summed E-state index contributed by atoms with van der Waals surface area (Å²) in [6.07, 6.45) is 7.49. The Hall–Kier alpha value is -2.86. The molecule has 1 aromatic heterocycles. The molecule has 0 aliphatic carbocycles. The molecule has 1 N–H and O–H groups in total. The van der Waals surface area contributed by atoms with Gasteiger partial charge in [0.25, 0.3) is 5.91 Å². The molecule has 6 heteroatoms. The zero-order valence-electron chi connectivity index (χ0n) is 16.4. The Labute approximate surface area is 177 Å².